The zero-order chi connectivity index (χ0) is 13.8. The standard InChI is InChI=1S/C14H20N2O3/c1-11(17)14-4-2-3-9-15(14)10-12-5-7-13(8-6-12)16(18)19/h5-8,11,14,17H,2-4,9-10H2,1H3/t11-,14+/m0/s1. The van der Waals surface area contributed by atoms with E-state index in [1.165, 1.54) is 12.1 Å². The van der Waals surface area contributed by atoms with Crippen LogP contribution < -0.4 is 0 Å². The molecule has 0 unspecified atom stereocenters. The molecule has 1 saturated heterocycles. The summed E-state index contributed by atoms with van der Waals surface area (Å²) in [6.07, 6.45) is 2.99. The highest BCUT2D eigenvalue weighted by molar-refractivity contribution is 5.32. The van der Waals surface area contributed by atoms with Gasteiger partial charge in [0.25, 0.3) is 5.69 Å². The molecule has 2 rings (SSSR count). The molecule has 1 aliphatic heterocycles. The van der Waals surface area contributed by atoms with Gasteiger partial charge in [0, 0.05) is 24.7 Å². The maximum absolute atomic E-state index is 10.6. The molecule has 0 spiro atoms. The van der Waals surface area contributed by atoms with Crippen molar-refractivity contribution in [2.24, 2.45) is 0 Å². The maximum atomic E-state index is 10.6. The van der Waals surface area contributed by atoms with E-state index in [9.17, 15) is 15.2 Å². The lowest BCUT2D eigenvalue weighted by Gasteiger charge is -2.37. The number of benzene rings is 1. The van der Waals surface area contributed by atoms with Gasteiger partial charge in [0.1, 0.15) is 0 Å². The van der Waals surface area contributed by atoms with Crippen LogP contribution in [0.15, 0.2) is 24.3 Å². The zero-order valence-electron chi connectivity index (χ0n) is 11.2. The van der Waals surface area contributed by atoms with Crippen molar-refractivity contribution in [3.63, 3.8) is 0 Å². The van der Waals surface area contributed by atoms with E-state index in [1.54, 1.807) is 12.1 Å². The minimum absolute atomic E-state index is 0.120. The quantitative estimate of drug-likeness (QED) is 0.669. The summed E-state index contributed by atoms with van der Waals surface area (Å²) in [6, 6.07) is 6.87. The molecule has 1 heterocycles. The van der Waals surface area contributed by atoms with Crippen molar-refractivity contribution >= 4 is 5.69 Å². The van der Waals surface area contributed by atoms with Crippen molar-refractivity contribution < 1.29 is 10.0 Å². The summed E-state index contributed by atoms with van der Waals surface area (Å²) < 4.78 is 0. The smallest absolute Gasteiger partial charge is 0.269 e. The van der Waals surface area contributed by atoms with E-state index in [0.717, 1.165) is 37.9 Å². The van der Waals surface area contributed by atoms with Crippen LogP contribution in [0, 0.1) is 10.1 Å². The number of hydrogen-bond donors (Lipinski definition) is 1. The van der Waals surface area contributed by atoms with Crippen molar-refractivity contribution in [2.45, 2.75) is 44.9 Å². The summed E-state index contributed by atoms with van der Waals surface area (Å²) in [6.45, 7) is 3.55. The Balaban J connectivity index is 2.04. The van der Waals surface area contributed by atoms with Crippen LogP contribution >= 0.6 is 0 Å². The number of aliphatic hydroxyl groups excluding tert-OH is 1. The Hall–Kier alpha value is -1.46. The summed E-state index contributed by atoms with van der Waals surface area (Å²) in [4.78, 5) is 12.5. The largest absolute Gasteiger partial charge is 0.392 e. The minimum Gasteiger partial charge on any atom is -0.392 e. The molecule has 5 nitrogen and oxygen atoms in total. The summed E-state index contributed by atoms with van der Waals surface area (Å²) >= 11 is 0. The molecule has 19 heavy (non-hydrogen) atoms. The number of nitrogens with zero attached hydrogens (tertiary/aromatic N) is 2. The number of piperidine rings is 1. The van der Waals surface area contributed by atoms with Crippen LogP contribution in [0.3, 0.4) is 0 Å². The number of nitro groups is 1. The average Bonchev–Trinajstić information content (AvgIpc) is 2.39. The predicted molar refractivity (Wildman–Crippen MR) is 72.8 cm³/mol. The monoisotopic (exact) mass is 264 g/mol. The Morgan fingerprint density at radius 1 is 1.42 bits per heavy atom. The van der Waals surface area contributed by atoms with Crippen molar-refractivity contribution in [2.75, 3.05) is 6.54 Å². The molecule has 0 bridgehead atoms. The Kier molecular flexibility index (Phi) is 4.50. The second-order valence-electron chi connectivity index (χ2n) is 5.20. The van der Waals surface area contributed by atoms with Gasteiger partial charge in [-0.1, -0.05) is 18.6 Å². The molecule has 2 atom stereocenters. The highest BCUT2D eigenvalue weighted by Crippen LogP contribution is 2.22. The molecule has 0 saturated carbocycles. The molecule has 5 heteroatoms. The fourth-order valence-electron chi connectivity index (χ4n) is 2.72. The van der Waals surface area contributed by atoms with Crippen molar-refractivity contribution in [3.8, 4) is 0 Å². The number of nitro benzene ring substituents is 1. The highest BCUT2D eigenvalue weighted by Gasteiger charge is 2.26. The lowest BCUT2D eigenvalue weighted by Crippen LogP contribution is -2.45. The predicted octanol–water partition coefficient (Wildman–Crippen LogP) is 2.33. The zero-order valence-corrected chi connectivity index (χ0v) is 11.2. The topological polar surface area (TPSA) is 66.6 Å². The Labute approximate surface area is 113 Å². The van der Waals surface area contributed by atoms with Crippen LogP contribution in [0.5, 0.6) is 0 Å². The first-order chi connectivity index (χ1) is 9.08. The van der Waals surface area contributed by atoms with Gasteiger partial charge >= 0.3 is 0 Å². The third-order valence-corrected chi connectivity index (χ3v) is 3.75. The van der Waals surface area contributed by atoms with E-state index in [4.69, 9.17) is 0 Å². The van der Waals surface area contributed by atoms with Gasteiger partial charge in [0.05, 0.1) is 11.0 Å². The normalized spacial score (nSPS) is 22.1. The van der Waals surface area contributed by atoms with E-state index in [2.05, 4.69) is 4.90 Å². The van der Waals surface area contributed by atoms with E-state index >= 15 is 0 Å². The molecule has 1 aromatic rings. The first-order valence-corrected chi connectivity index (χ1v) is 6.73. The Morgan fingerprint density at radius 2 is 2.11 bits per heavy atom. The summed E-state index contributed by atoms with van der Waals surface area (Å²) in [5.74, 6) is 0. The second kappa shape index (κ2) is 6.12. The van der Waals surface area contributed by atoms with Gasteiger partial charge in [0.15, 0.2) is 0 Å². The Morgan fingerprint density at radius 3 is 2.68 bits per heavy atom. The SMILES string of the molecule is C[C@H](O)[C@H]1CCCCN1Cc1ccc([N+](=O)[O-])cc1. The van der Waals surface area contributed by atoms with Crippen LogP contribution in [0.2, 0.25) is 0 Å². The molecule has 1 aliphatic rings. The minimum atomic E-state index is -0.386. The van der Waals surface area contributed by atoms with Crippen molar-refractivity contribution in [1.82, 2.24) is 4.90 Å². The lowest BCUT2D eigenvalue weighted by molar-refractivity contribution is -0.384. The molecule has 0 amide bonds. The second-order valence-corrected chi connectivity index (χ2v) is 5.20. The molecular formula is C14H20N2O3. The lowest BCUT2D eigenvalue weighted by atomic mass is 9.97. The van der Waals surface area contributed by atoms with Crippen molar-refractivity contribution in [3.05, 3.63) is 39.9 Å². The van der Waals surface area contributed by atoms with Gasteiger partial charge in [0.2, 0.25) is 0 Å². The number of likely N-dealkylation sites (tertiary alicyclic amines) is 1. The third-order valence-electron chi connectivity index (χ3n) is 3.75. The molecule has 104 valence electrons. The number of non-ortho nitro benzene ring substituents is 1. The molecule has 0 aliphatic carbocycles. The Bertz CT molecular complexity index is 431. The molecule has 1 aromatic carbocycles. The van der Waals surface area contributed by atoms with Gasteiger partial charge in [-0.05, 0) is 31.9 Å². The van der Waals surface area contributed by atoms with Gasteiger partial charge in [-0.3, -0.25) is 15.0 Å². The number of rotatable bonds is 4. The fraction of sp³-hybridized carbons (Fsp3) is 0.571. The number of hydrogen-bond acceptors (Lipinski definition) is 4. The fourth-order valence-corrected chi connectivity index (χ4v) is 2.72. The van der Waals surface area contributed by atoms with Crippen LogP contribution in [0.25, 0.3) is 0 Å². The highest BCUT2D eigenvalue weighted by atomic mass is 16.6. The summed E-state index contributed by atoms with van der Waals surface area (Å²) in [5.41, 5.74) is 1.17. The molecule has 0 radical (unpaired) electrons. The van der Waals surface area contributed by atoms with E-state index in [1.807, 2.05) is 6.92 Å². The average molecular weight is 264 g/mol. The van der Waals surface area contributed by atoms with E-state index in [-0.39, 0.29) is 22.8 Å². The molecule has 0 aromatic heterocycles. The molecular weight excluding hydrogens is 244 g/mol. The van der Waals surface area contributed by atoms with Crippen LogP contribution in [-0.4, -0.2) is 33.6 Å². The van der Waals surface area contributed by atoms with Crippen LogP contribution in [0.1, 0.15) is 31.7 Å². The van der Waals surface area contributed by atoms with Gasteiger partial charge in [-0.25, -0.2) is 0 Å². The van der Waals surface area contributed by atoms with Gasteiger partial charge in [-0.2, -0.15) is 0 Å². The van der Waals surface area contributed by atoms with Crippen LogP contribution in [-0.2, 0) is 6.54 Å². The van der Waals surface area contributed by atoms with Gasteiger partial charge < -0.3 is 5.11 Å². The summed E-state index contributed by atoms with van der Waals surface area (Å²) in [5, 5.41) is 20.4. The first kappa shape index (κ1) is 14.0. The molecule has 1 fully saturated rings. The van der Waals surface area contributed by atoms with E-state index in [0.29, 0.717) is 0 Å². The maximum Gasteiger partial charge on any atom is 0.269 e. The van der Waals surface area contributed by atoms with E-state index < -0.39 is 0 Å². The number of aliphatic hydroxyl groups is 1. The van der Waals surface area contributed by atoms with Gasteiger partial charge in [-0.15, -0.1) is 0 Å². The first-order valence-electron chi connectivity index (χ1n) is 6.73. The summed E-state index contributed by atoms with van der Waals surface area (Å²) in [7, 11) is 0. The van der Waals surface area contributed by atoms with Crippen LogP contribution in [0.4, 0.5) is 5.69 Å². The molecule has 1 N–H and O–H groups in total. The third kappa shape index (κ3) is 3.52. The van der Waals surface area contributed by atoms with Crippen molar-refractivity contribution in [1.29, 1.82) is 0 Å².